The molecule has 0 aliphatic carbocycles. The fourth-order valence-electron chi connectivity index (χ4n) is 4.80. The summed E-state index contributed by atoms with van der Waals surface area (Å²) >= 11 is 0. The van der Waals surface area contributed by atoms with E-state index in [-0.39, 0.29) is 5.41 Å². The van der Waals surface area contributed by atoms with Crippen molar-refractivity contribution in [1.29, 1.82) is 0 Å². The molecule has 5 rings (SSSR count). The first kappa shape index (κ1) is 26.8. The van der Waals surface area contributed by atoms with Gasteiger partial charge in [0.05, 0.1) is 0 Å². The van der Waals surface area contributed by atoms with Crippen LogP contribution < -0.4 is 0 Å². The average molecular weight is 522 g/mol. The highest BCUT2D eigenvalue weighted by Gasteiger charge is 2.18. The van der Waals surface area contributed by atoms with Gasteiger partial charge >= 0.3 is 0 Å². The topological polar surface area (TPSA) is 30.7 Å². The molecule has 5 aromatic rings. The number of rotatable bonds is 7. The van der Waals surface area contributed by atoms with E-state index in [4.69, 9.17) is 0 Å². The summed E-state index contributed by atoms with van der Waals surface area (Å²) in [5.74, 6) is 1.61. The van der Waals surface area contributed by atoms with E-state index in [1.807, 2.05) is 31.2 Å². The molecule has 0 unspecified atom stereocenters. The molecular formula is C37H35N3. The van der Waals surface area contributed by atoms with Crippen LogP contribution in [0.3, 0.4) is 0 Å². The van der Waals surface area contributed by atoms with E-state index in [0.29, 0.717) is 0 Å². The summed E-state index contributed by atoms with van der Waals surface area (Å²) in [7, 11) is 0. The molecule has 0 saturated heterocycles. The van der Waals surface area contributed by atoms with Gasteiger partial charge in [-0.05, 0) is 52.3 Å². The average Bonchev–Trinajstić information content (AvgIpc) is 3.43. The van der Waals surface area contributed by atoms with E-state index < -0.39 is 0 Å². The van der Waals surface area contributed by atoms with Gasteiger partial charge in [0.2, 0.25) is 0 Å². The molecule has 40 heavy (non-hydrogen) atoms. The summed E-state index contributed by atoms with van der Waals surface area (Å²) in [5.41, 5.74) is 9.17. The van der Waals surface area contributed by atoms with E-state index in [1.165, 1.54) is 16.7 Å². The van der Waals surface area contributed by atoms with Crippen molar-refractivity contribution in [3.05, 3.63) is 145 Å². The van der Waals surface area contributed by atoms with Crippen molar-refractivity contribution in [2.24, 2.45) is 0 Å². The molecule has 0 atom stereocenters. The van der Waals surface area contributed by atoms with E-state index in [9.17, 15) is 0 Å². The Morgan fingerprint density at radius 2 is 1.18 bits per heavy atom. The Balaban J connectivity index is 1.51. The Hall–Kier alpha value is -4.76. The molecule has 0 bridgehead atoms. The van der Waals surface area contributed by atoms with Crippen molar-refractivity contribution in [3.8, 4) is 39.6 Å². The van der Waals surface area contributed by atoms with E-state index in [0.717, 1.165) is 39.6 Å². The molecule has 0 aliphatic rings. The molecule has 0 saturated carbocycles. The van der Waals surface area contributed by atoms with Crippen LogP contribution in [0.25, 0.3) is 45.2 Å². The lowest BCUT2D eigenvalue weighted by Gasteiger charge is -2.19. The first-order chi connectivity index (χ1) is 19.4. The maximum atomic E-state index is 4.67. The van der Waals surface area contributed by atoms with Crippen LogP contribution in [-0.2, 0) is 5.41 Å². The zero-order chi connectivity index (χ0) is 28.1. The number of aromatic nitrogens is 3. The number of para-hydroxylation sites is 1. The molecule has 3 nitrogen and oxygen atoms in total. The van der Waals surface area contributed by atoms with Gasteiger partial charge in [-0.1, -0.05) is 143 Å². The van der Waals surface area contributed by atoms with Crippen molar-refractivity contribution in [2.75, 3.05) is 0 Å². The van der Waals surface area contributed by atoms with Crippen LogP contribution in [-0.4, -0.2) is 14.8 Å². The second kappa shape index (κ2) is 11.5. The standard InChI is InChI=1S/C37H35N3/c1-6-8-12-27(7-2)28-15-19-31(20-16-28)35-38-39-36(40(35)34-13-10-9-11-14-34)32-21-17-29(18-22-32)30-23-25-33(26-24-30)37(3,4)5/h6-26H,1H2,2-5H3/b12-8-,27-7+. The molecule has 0 radical (unpaired) electrons. The number of hydrogen-bond acceptors (Lipinski definition) is 2. The molecule has 0 N–H and O–H groups in total. The highest BCUT2D eigenvalue weighted by atomic mass is 15.3. The van der Waals surface area contributed by atoms with Gasteiger partial charge in [-0.3, -0.25) is 4.57 Å². The second-order valence-electron chi connectivity index (χ2n) is 10.8. The molecule has 0 spiro atoms. The van der Waals surface area contributed by atoms with Crippen molar-refractivity contribution in [1.82, 2.24) is 14.8 Å². The van der Waals surface area contributed by atoms with Crippen LogP contribution >= 0.6 is 0 Å². The molecule has 4 aromatic carbocycles. The lowest BCUT2D eigenvalue weighted by Crippen LogP contribution is -2.10. The quantitative estimate of drug-likeness (QED) is 0.200. The summed E-state index contributed by atoms with van der Waals surface area (Å²) in [5, 5.41) is 9.34. The van der Waals surface area contributed by atoms with Gasteiger partial charge in [0.25, 0.3) is 0 Å². The van der Waals surface area contributed by atoms with Crippen molar-refractivity contribution in [2.45, 2.75) is 33.1 Å². The van der Waals surface area contributed by atoms with Crippen molar-refractivity contribution < 1.29 is 0 Å². The predicted octanol–water partition coefficient (Wildman–Crippen LogP) is 9.71. The Bertz CT molecular complexity index is 1640. The fourth-order valence-corrected chi connectivity index (χ4v) is 4.80. The lowest BCUT2D eigenvalue weighted by molar-refractivity contribution is 0.590. The third kappa shape index (κ3) is 5.64. The van der Waals surface area contributed by atoms with Gasteiger partial charge in [0.1, 0.15) is 0 Å². The molecule has 3 heteroatoms. The second-order valence-corrected chi connectivity index (χ2v) is 10.8. The maximum absolute atomic E-state index is 4.67. The van der Waals surface area contributed by atoms with Crippen LogP contribution in [0.15, 0.2) is 134 Å². The smallest absolute Gasteiger partial charge is 0.168 e. The lowest BCUT2D eigenvalue weighted by atomic mass is 9.86. The highest BCUT2D eigenvalue weighted by Crippen LogP contribution is 2.32. The van der Waals surface area contributed by atoms with Crippen LogP contribution in [0, 0.1) is 0 Å². The van der Waals surface area contributed by atoms with Crippen LogP contribution in [0.1, 0.15) is 38.8 Å². The van der Waals surface area contributed by atoms with Crippen LogP contribution in [0.5, 0.6) is 0 Å². The minimum absolute atomic E-state index is 0.138. The number of hydrogen-bond donors (Lipinski definition) is 0. The van der Waals surface area contributed by atoms with E-state index >= 15 is 0 Å². The highest BCUT2D eigenvalue weighted by molar-refractivity contribution is 5.76. The van der Waals surface area contributed by atoms with E-state index in [2.05, 4.69) is 139 Å². The Kier molecular flexibility index (Phi) is 7.75. The summed E-state index contributed by atoms with van der Waals surface area (Å²) in [6, 6.07) is 36.2. The first-order valence-electron chi connectivity index (χ1n) is 13.7. The van der Waals surface area contributed by atoms with Gasteiger partial charge in [0.15, 0.2) is 11.6 Å². The minimum atomic E-state index is 0.138. The molecule has 1 heterocycles. The summed E-state index contributed by atoms with van der Waals surface area (Å²) in [6.07, 6.45) is 7.90. The van der Waals surface area contributed by atoms with Crippen molar-refractivity contribution in [3.63, 3.8) is 0 Å². The molecule has 198 valence electrons. The van der Waals surface area contributed by atoms with E-state index in [1.54, 1.807) is 6.08 Å². The minimum Gasteiger partial charge on any atom is -0.275 e. The number of benzene rings is 4. The molecule has 1 aromatic heterocycles. The fraction of sp³-hybridized carbons (Fsp3) is 0.135. The predicted molar refractivity (Wildman–Crippen MR) is 169 cm³/mol. The van der Waals surface area contributed by atoms with Gasteiger partial charge < -0.3 is 0 Å². The molecule has 0 fully saturated rings. The van der Waals surface area contributed by atoms with Crippen LogP contribution in [0.2, 0.25) is 0 Å². The Morgan fingerprint density at radius 1 is 0.675 bits per heavy atom. The largest absolute Gasteiger partial charge is 0.275 e. The maximum Gasteiger partial charge on any atom is 0.168 e. The summed E-state index contributed by atoms with van der Waals surface area (Å²) < 4.78 is 2.14. The summed E-state index contributed by atoms with van der Waals surface area (Å²) in [6.45, 7) is 12.5. The van der Waals surface area contributed by atoms with Gasteiger partial charge in [0, 0.05) is 16.8 Å². The third-order valence-corrected chi connectivity index (χ3v) is 7.10. The van der Waals surface area contributed by atoms with Gasteiger partial charge in [-0.2, -0.15) is 0 Å². The molecule has 0 amide bonds. The van der Waals surface area contributed by atoms with Crippen molar-refractivity contribution >= 4 is 5.57 Å². The van der Waals surface area contributed by atoms with Crippen LogP contribution in [0.4, 0.5) is 0 Å². The summed E-state index contributed by atoms with van der Waals surface area (Å²) in [4.78, 5) is 0. The normalized spacial score (nSPS) is 12.2. The number of allylic oxidation sites excluding steroid dienone is 5. The first-order valence-corrected chi connectivity index (χ1v) is 13.7. The zero-order valence-corrected chi connectivity index (χ0v) is 23.7. The SMILES string of the molecule is C=C/C=C\C(=C/C)c1ccc(-c2nnc(-c3ccc(-c4ccc(C(C)(C)C)cc4)cc3)n2-c2ccccc2)cc1. The van der Waals surface area contributed by atoms with Gasteiger partial charge in [-0.15, -0.1) is 10.2 Å². The molecular weight excluding hydrogens is 486 g/mol. The number of nitrogens with zero attached hydrogens (tertiary/aromatic N) is 3. The Labute approximate surface area is 237 Å². The van der Waals surface area contributed by atoms with Gasteiger partial charge in [-0.25, -0.2) is 0 Å². The molecule has 0 aliphatic heterocycles. The zero-order valence-electron chi connectivity index (χ0n) is 23.7. The Morgan fingerprint density at radius 3 is 1.68 bits per heavy atom. The monoisotopic (exact) mass is 521 g/mol. The third-order valence-electron chi connectivity index (χ3n) is 7.10.